The number of nitrogens with zero attached hydrogens (tertiary/aromatic N) is 2. The molecule has 6 heteroatoms. The number of aromatic nitrogens is 2. The van der Waals surface area contributed by atoms with Gasteiger partial charge in [0.1, 0.15) is 16.4 Å². The monoisotopic (exact) mass is 333 g/mol. The number of rotatable bonds is 5. The standard InChI is InChI=1S/C16H16ClN3OS/c1-3-11-8-12-14(19-16(17)20-15(12)22-11)18-9-10-6-4-5-7-13(10)21-2/h4-8H,3,9H2,1-2H3,(H,18,19,20). The average Bonchev–Trinajstić information content (AvgIpc) is 2.95. The number of methoxy groups -OCH3 is 1. The lowest BCUT2D eigenvalue weighted by atomic mass is 10.2. The van der Waals surface area contributed by atoms with Crippen molar-refractivity contribution in [3.05, 3.63) is 46.1 Å². The van der Waals surface area contributed by atoms with Crippen molar-refractivity contribution in [3.63, 3.8) is 0 Å². The number of nitrogens with one attached hydrogen (secondary N) is 1. The molecule has 114 valence electrons. The van der Waals surface area contributed by atoms with Crippen LogP contribution >= 0.6 is 22.9 Å². The van der Waals surface area contributed by atoms with Gasteiger partial charge in [-0.1, -0.05) is 25.1 Å². The molecule has 0 unspecified atom stereocenters. The molecule has 0 fully saturated rings. The highest BCUT2D eigenvalue weighted by atomic mass is 35.5. The number of para-hydroxylation sites is 1. The molecule has 3 rings (SSSR count). The van der Waals surface area contributed by atoms with Crippen LogP contribution in [-0.2, 0) is 13.0 Å². The van der Waals surface area contributed by atoms with Gasteiger partial charge in [-0.25, -0.2) is 9.97 Å². The highest BCUT2D eigenvalue weighted by Crippen LogP contribution is 2.31. The van der Waals surface area contributed by atoms with Crippen LogP contribution in [0, 0.1) is 0 Å². The molecule has 0 atom stereocenters. The largest absolute Gasteiger partial charge is 0.496 e. The van der Waals surface area contributed by atoms with E-state index in [0.717, 1.165) is 33.8 Å². The van der Waals surface area contributed by atoms with Crippen molar-refractivity contribution in [2.75, 3.05) is 12.4 Å². The number of ether oxygens (including phenoxy) is 1. The average molecular weight is 334 g/mol. The molecule has 1 aromatic carbocycles. The molecule has 0 bridgehead atoms. The molecule has 0 amide bonds. The maximum absolute atomic E-state index is 6.04. The summed E-state index contributed by atoms with van der Waals surface area (Å²) < 4.78 is 5.37. The minimum atomic E-state index is 0.263. The van der Waals surface area contributed by atoms with Crippen molar-refractivity contribution in [2.45, 2.75) is 19.9 Å². The molecule has 2 aromatic heterocycles. The first-order valence-corrected chi connectivity index (χ1v) is 8.22. The number of hydrogen-bond acceptors (Lipinski definition) is 5. The molecule has 22 heavy (non-hydrogen) atoms. The summed E-state index contributed by atoms with van der Waals surface area (Å²) in [5, 5.41) is 4.63. The Kier molecular flexibility index (Phi) is 4.45. The lowest BCUT2D eigenvalue weighted by molar-refractivity contribution is 0.410. The first-order chi connectivity index (χ1) is 10.7. The van der Waals surface area contributed by atoms with Crippen LogP contribution in [-0.4, -0.2) is 17.1 Å². The third-order valence-electron chi connectivity index (χ3n) is 3.40. The van der Waals surface area contributed by atoms with Gasteiger partial charge in [0, 0.05) is 17.0 Å². The summed E-state index contributed by atoms with van der Waals surface area (Å²) in [4.78, 5) is 10.8. The fraction of sp³-hybridized carbons (Fsp3) is 0.250. The number of benzene rings is 1. The van der Waals surface area contributed by atoms with Crippen LogP contribution in [0.15, 0.2) is 30.3 Å². The Bertz CT molecular complexity index is 803. The van der Waals surface area contributed by atoms with Gasteiger partial charge in [0.15, 0.2) is 0 Å². The highest BCUT2D eigenvalue weighted by Gasteiger charge is 2.11. The smallest absolute Gasteiger partial charge is 0.225 e. The molecular formula is C16H16ClN3OS. The quantitative estimate of drug-likeness (QED) is 0.697. The Morgan fingerprint density at radius 3 is 2.86 bits per heavy atom. The summed E-state index contributed by atoms with van der Waals surface area (Å²) in [5.74, 6) is 1.61. The zero-order chi connectivity index (χ0) is 15.5. The molecule has 1 N–H and O–H groups in total. The second kappa shape index (κ2) is 6.50. The minimum absolute atomic E-state index is 0.263. The molecular weight excluding hydrogens is 318 g/mol. The van der Waals surface area contributed by atoms with Crippen LogP contribution in [0.2, 0.25) is 5.28 Å². The maximum Gasteiger partial charge on any atom is 0.225 e. The molecule has 0 spiro atoms. The Morgan fingerprint density at radius 2 is 2.09 bits per heavy atom. The number of thiophene rings is 1. The third-order valence-corrected chi connectivity index (χ3v) is 4.75. The number of halogens is 1. The van der Waals surface area contributed by atoms with E-state index in [0.29, 0.717) is 6.54 Å². The van der Waals surface area contributed by atoms with Crippen molar-refractivity contribution in [3.8, 4) is 5.75 Å². The van der Waals surface area contributed by atoms with Crippen molar-refractivity contribution in [2.24, 2.45) is 0 Å². The first-order valence-electron chi connectivity index (χ1n) is 7.03. The van der Waals surface area contributed by atoms with E-state index in [1.807, 2.05) is 24.3 Å². The fourth-order valence-corrected chi connectivity index (χ4v) is 3.47. The summed E-state index contributed by atoms with van der Waals surface area (Å²) in [6.45, 7) is 2.74. The Labute approximate surface area is 138 Å². The molecule has 0 aliphatic carbocycles. The normalized spacial score (nSPS) is 10.9. The zero-order valence-corrected chi connectivity index (χ0v) is 14.0. The number of anilines is 1. The van der Waals surface area contributed by atoms with E-state index in [2.05, 4.69) is 28.3 Å². The van der Waals surface area contributed by atoms with Crippen LogP contribution < -0.4 is 10.1 Å². The number of aryl methyl sites for hydroxylation is 1. The van der Waals surface area contributed by atoms with Crippen LogP contribution in [0.5, 0.6) is 5.75 Å². The van der Waals surface area contributed by atoms with E-state index in [1.165, 1.54) is 4.88 Å². The highest BCUT2D eigenvalue weighted by molar-refractivity contribution is 7.18. The van der Waals surface area contributed by atoms with Gasteiger partial charge >= 0.3 is 0 Å². The Balaban J connectivity index is 1.91. The third kappa shape index (κ3) is 3.00. The van der Waals surface area contributed by atoms with Gasteiger partial charge in [-0.3, -0.25) is 0 Å². The summed E-state index contributed by atoms with van der Waals surface area (Å²) in [6.07, 6.45) is 0.977. The maximum atomic E-state index is 6.04. The summed E-state index contributed by atoms with van der Waals surface area (Å²) >= 11 is 7.69. The molecule has 0 radical (unpaired) electrons. The van der Waals surface area contributed by atoms with Gasteiger partial charge in [-0.05, 0) is 30.2 Å². The van der Waals surface area contributed by atoms with Gasteiger partial charge in [0.05, 0.1) is 12.5 Å². The first kappa shape index (κ1) is 15.1. The number of fused-ring (bicyclic) bond motifs is 1. The van der Waals surface area contributed by atoms with Crippen LogP contribution in [0.1, 0.15) is 17.4 Å². The predicted molar refractivity (Wildman–Crippen MR) is 92.1 cm³/mol. The topological polar surface area (TPSA) is 47.0 Å². The minimum Gasteiger partial charge on any atom is -0.496 e. The SMILES string of the molecule is CCc1cc2c(NCc3ccccc3OC)nc(Cl)nc2s1. The van der Waals surface area contributed by atoms with Gasteiger partial charge in [-0.2, -0.15) is 0 Å². The van der Waals surface area contributed by atoms with Gasteiger partial charge in [-0.15, -0.1) is 11.3 Å². The van der Waals surface area contributed by atoms with Gasteiger partial charge in [0.2, 0.25) is 5.28 Å². The molecule has 0 saturated carbocycles. The number of hydrogen-bond donors (Lipinski definition) is 1. The second-order valence-corrected chi connectivity index (χ2v) is 6.24. The van der Waals surface area contributed by atoms with Crippen LogP contribution in [0.3, 0.4) is 0 Å². The molecule has 0 aliphatic rings. The Hall–Kier alpha value is -1.85. The van der Waals surface area contributed by atoms with Gasteiger partial charge < -0.3 is 10.1 Å². The van der Waals surface area contributed by atoms with E-state index in [1.54, 1.807) is 18.4 Å². The van der Waals surface area contributed by atoms with E-state index < -0.39 is 0 Å². The Morgan fingerprint density at radius 1 is 1.27 bits per heavy atom. The lowest BCUT2D eigenvalue weighted by Gasteiger charge is -2.10. The summed E-state index contributed by atoms with van der Waals surface area (Å²) in [7, 11) is 1.67. The predicted octanol–water partition coefficient (Wildman–Crippen LogP) is 4.53. The zero-order valence-electron chi connectivity index (χ0n) is 12.4. The van der Waals surface area contributed by atoms with Crippen molar-refractivity contribution < 1.29 is 4.74 Å². The van der Waals surface area contributed by atoms with Crippen molar-refractivity contribution >= 4 is 39.0 Å². The van der Waals surface area contributed by atoms with E-state index in [4.69, 9.17) is 16.3 Å². The summed E-state index contributed by atoms with van der Waals surface area (Å²) in [5.41, 5.74) is 1.07. The van der Waals surface area contributed by atoms with Crippen molar-refractivity contribution in [1.29, 1.82) is 0 Å². The second-order valence-electron chi connectivity index (χ2n) is 4.79. The van der Waals surface area contributed by atoms with E-state index in [-0.39, 0.29) is 5.28 Å². The summed E-state index contributed by atoms with van der Waals surface area (Å²) in [6, 6.07) is 10.0. The fourth-order valence-electron chi connectivity index (χ4n) is 2.28. The van der Waals surface area contributed by atoms with E-state index in [9.17, 15) is 0 Å². The van der Waals surface area contributed by atoms with Crippen LogP contribution in [0.25, 0.3) is 10.2 Å². The molecule has 2 heterocycles. The molecule has 0 aliphatic heterocycles. The molecule has 3 aromatic rings. The molecule has 4 nitrogen and oxygen atoms in total. The van der Waals surface area contributed by atoms with Gasteiger partial charge in [0.25, 0.3) is 0 Å². The van der Waals surface area contributed by atoms with Crippen molar-refractivity contribution in [1.82, 2.24) is 9.97 Å². The lowest BCUT2D eigenvalue weighted by Crippen LogP contribution is -2.04. The molecule has 0 saturated heterocycles. The van der Waals surface area contributed by atoms with E-state index >= 15 is 0 Å². The van der Waals surface area contributed by atoms with Crippen LogP contribution in [0.4, 0.5) is 5.82 Å².